The quantitative estimate of drug-likeness (QED) is 0.140. The number of nitrogens with zero attached hydrogens (tertiary/aromatic N) is 8. The van der Waals surface area contributed by atoms with Crippen LogP contribution in [0.4, 0.5) is 0 Å². The van der Waals surface area contributed by atoms with Gasteiger partial charge in [0.25, 0.3) is 0 Å². The van der Waals surface area contributed by atoms with Crippen LogP contribution in [0, 0.1) is 0 Å². The Morgan fingerprint density at radius 1 is 0.316 bits per heavy atom. The van der Waals surface area contributed by atoms with E-state index < -0.39 is 0 Å². The Bertz CT molecular complexity index is 2760. The van der Waals surface area contributed by atoms with Crippen LogP contribution in [0.15, 0.2) is 72.8 Å². The summed E-state index contributed by atoms with van der Waals surface area (Å²) in [6.45, 7) is 26.6. The van der Waals surface area contributed by atoms with Gasteiger partial charge >= 0.3 is 17.1 Å². The summed E-state index contributed by atoms with van der Waals surface area (Å²) in [7, 11) is 0. The van der Waals surface area contributed by atoms with Crippen molar-refractivity contribution >= 4 is 44.1 Å². The fourth-order valence-corrected chi connectivity index (χ4v) is 7.53. The van der Waals surface area contributed by atoms with Crippen molar-refractivity contribution in [3.05, 3.63) is 95.1 Å². The smallest absolute Gasteiger partial charge is 0.357 e. The molecule has 2 aliphatic heterocycles. The largest absolute Gasteiger partial charge is 2.00 e. The first-order valence-electron chi connectivity index (χ1n) is 19.5. The summed E-state index contributed by atoms with van der Waals surface area (Å²) >= 11 is 0. The van der Waals surface area contributed by atoms with E-state index in [1.165, 1.54) is 22.3 Å². The molecule has 0 N–H and O–H groups in total. The zero-order valence-electron chi connectivity index (χ0n) is 34.9. The van der Waals surface area contributed by atoms with E-state index in [9.17, 15) is 0 Å². The van der Waals surface area contributed by atoms with Crippen molar-refractivity contribution in [2.45, 2.75) is 105 Å². The van der Waals surface area contributed by atoms with E-state index in [1.54, 1.807) is 0 Å². The molecule has 9 heteroatoms. The van der Waals surface area contributed by atoms with Crippen LogP contribution in [-0.4, -0.2) is 29.9 Å². The van der Waals surface area contributed by atoms with Gasteiger partial charge in [-0.15, -0.1) is 0 Å². The summed E-state index contributed by atoms with van der Waals surface area (Å²) in [5.41, 5.74) is 10.3. The van der Waals surface area contributed by atoms with Crippen LogP contribution in [0.5, 0.6) is 0 Å². The fraction of sp³-hybridized carbons (Fsp3) is 0.333. The zero-order valence-corrected chi connectivity index (χ0v) is 36.0. The van der Waals surface area contributed by atoms with Gasteiger partial charge in [0.05, 0.1) is 23.3 Å². The molecule has 4 aromatic carbocycles. The molecule has 8 bridgehead atoms. The molecule has 3 aromatic heterocycles. The van der Waals surface area contributed by atoms with Gasteiger partial charge in [0, 0.05) is 44.8 Å². The van der Waals surface area contributed by atoms with Gasteiger partial charge in [0.2, 0.25) is 0 Å². The Morgan fingerprint density at radius 2 is 0.596 bits per heavy atom. The van der Waals surface area contributed by atoms with Crippen molar-refractivity contribution in [3.8, 4) is 45.6 Å². The summed E-state index contributed by atoms with van der Waals surface area (Å²) < 4.78 is 0. The summed E-state index contributed by atoms with van der Waals surface area (Å²) in [5.74, 6) is 2.24. The number of hydrogen-bond acceptors (Lipinski definition) is 6. The van der Waals surface area contributed by atoms with E-state index in [0.717, 1.165) is 43.8 Å². The molecule has 2 aliphatic rings. The monoisotopic (exact) mass is 792 g/mol. The third-order valence-corrected chi connectivity index (χ3v) is 11.2. The molecule has 0 amide bonds. The SMILES string of the molecule is CC(C)(C)c1ccc2c(c1)-c1nc-2nc2[n-]c(nc3nc(nc4[n-]c(n1)c1ccc(C(C)(C)C)cc41)-c1ccc(C(C)(C)C)cc1-3)c1ccc(C(C)(C)C)cc21.[Fe+2]. The van der Waals surface area contributed by atoms with Gasteiger partial charge < -0.3 is 29.9 Å². The second kappa shape index (κ2) is 12.9. The molecule has 0 atom stereocenters. The maximum absolute atomic E-state index is 5.25. The first kappa shape index (κ1) is 38.6. The molecule has 0 aliphatic carbocycles. The summed E-state index contributed by atoms with van der Waals surface area (Å²) in [5, 5.41) is 3.64. The average molecular weight is 793 g/mol. The second-order valence-electron chi connectivity index (χ2n) is 19.5. The van der Waals surface area contributed by atoms with Crippen molar-refractivity contribution in [2.24, 2.45) is 0 Å². The number of benzene rings is 4. The first-order chi connectivity index (χ1) is 26.2. The second-order valence-corrected chi connectivity index (χ2v) is 19.5. The Hall–Kier alpha value is -5.24. The molecule has 5 heterocycles. The summed E-state index contributed by atoms with van der Waals surface area (Å²) in [4.78, 5) is 41.6. The standard InChI is InChI=1S/C48H48N8.Fe/c1-45(2,3)25-13-17-29-33(21-25)41-49-37(29)54-42-35-23-27(47(7,8)9)15-19-31(35)39(51-42)56-44-36-24-28(48(10,11)12)16-20-32(36)40(52-44)55-43-34-22-26(46(4,5)6)14-18-30(34)38(50-43)53-41;/h13-24H,1-12H3;/q-2;+2. The minimum absolute atomic E-state index is 0. The molecule has 0 unspecified atom stereocenters. The number of hydrogen-bond donors (Lipinski definition) is 0. The predicted octanol–water partition coefficient (Wildman–Crippen LogP) is 11.3. The number of fused-ring (bicyclic) bond motifs is 20. The van der Waals surface area contributed by atoms with Gasteiger partial charge in [-0.2, -0.15) is 0 Å². The van der Waals surface area contributed by atoms with Crippen molar-refractivity contribution in [1.29, 1.82) is 0 Å². The van der Waals surface area contributed by atoms with Crippen LogP contribution in [-0.2, 0) is 38.7 Å². The molecule has 7 aromatic rings. The van der Waals surface area contributed by atoms with E-state index in [1.807, 2.05) is 0 Å². The normalized spacial score (nSPS) is 13.1. The van der Waals surface area contributed by atoms with Gasteiger partial charge in [0.15, 0.2) is 0 Å². The Morgan fingerprint density at radius 3 is 0.930 bits per heavy atom. The summed E-state index contributed by atoms with van der Waals surface area (Å²) in [6.07, 6.45) is 0. The van der Waals surface area contributed by atoms with Crippen LogP contribution in [0.1, 0.15) is 105 Å². The van der Waals surface area contributed by atoms with E-state index in [0.29, 0.717) is 45.9 Å². The van der Waals surface area contributed by atoms with Crippen molar-refractivity contribution in [3.63, 3.8) is 0 Å². The minimum Gasteiger partial charge on any atom is -0.357 e. The Labute approximate surface area is 345 Å². The molecule has 8 nitrogen and oxygen atoms in total. The maximum atomic E-state index is 5.25. The first-order valence-corrected chi connectivity index (χ1v) is 19.5. The molecular weight excluding hydrogens is 744 g/mol. The average Bonchev–Trinajstić information content (AvgIpc) is 3.84. The molecule has 0 fully saturated rings. The Kier molecular flexibility index (Phi) is 8.73. The van der Waals surface area contributed by atoms with Crippen LogP contribution >= 0.6 is 0 Å². The van der Waals surface area contributed by atoms with Crippen LogP contribution in [0.2, 0.25) is 0 Å². The van der Waals surface area contributed by atoms with E-state index >= 15 is 0 Å². The molecule has 0 saturated carbocycles. The van der Waals surface area contributed by atoms with E-state index in [2.05, 4.69) is 156 Å². The van der Waals surface area contributed by atoms with Gasteiger partial charge in [-0.1, -0.05) is 132 Å². The van der Waals surface area contributed by atoms with E-state index in [4.69, 9.17) is 39.9 Å². The number of aromatic nitrogens is 8. The molecule has 9 rings (SSSR count). The third-order valence-electron chi connectivity index (χ3n) is 11.2. The molecule has 57 heavy (non-hydrogen) atoms. The van der Waals surface area contributed by atoms with Crippen LogP contribution in [0.25, 0.3) is 89.7 Å². The summed E-state index contributed by atoms with van der Waals surface area (Å²) in [6, 6.07) is 25.9. The fourth-order valence-electron chi connectivity index (χ4n) is 7.53. The van der Waals surface area contributed by atoms with Crippen LogP contribution < -0.4 is 9.97 Å². The third kappa shape index (κ3) is 6.65. The van der Waals surface area contributed by atoms with Crippen molar-refractivity contribution in [2.75, 3.05) is 0 Å². The van der Waals surface area contributed by atoms with Gasteiger partial charge in [-0.05, 0) is 89.7 Å². The molecule has 288 valence electrons. The predicted molar refractivity (Wildman–Crippen MR) is 229 cm³/mol. The Balaban J connectivity index is 0.00000455. The van der Waals surface area contributed by atoms with Gasteiger partial charge in [0.1, 0.15) is 0 Å². The van der Waals surface area contributed by atoms with Gasteiger partial charge in [-0.3, -0.25) is 0 Å². The molecule has 0 saturated heterocycles. The van der Waals surface area contributed by atoms with Gasteiger partial charge in [-0.25, -0.2) is 9.97 Å². The van der Waals surface area contributed by atoms with E-state index in [-0.39, 0.29) is 38.7 Å². The van der Waals surface area contributed by atoms with Crippen molar-refractivity contribution < 1.29 is 17.1 Å². The van der Waals surface area contributed by atoms with Crippen LogP contribution in [0.3, 0.4) is 0 Å². The van der Waals surface area contributed by atoms with Crippen molar-refractivity contribution in [1.82, 2.24) is 39.9 Å². The molecule has 0 radical (unpaired) electrons. The zero-order chi connectivity index (χ0) is 39.7. The maximum Gasteiger partial charge on any atom is 2.00 e. The molecular formula is C48H48FeN8. The minimum atomic E-state index is -0.0826. The topological polar surface area (TPSA) is 106 Å². The number of rotatable bonds is 0. The molecule has 0 spiro atoms.